The third-order valence-corrected chi connectivity index (χ3v) is 4.64. The van der Waals surface area contributed by atoms with Crippen molar-refractivity contribution < 1.29 is 23.9 Å². The highest BCUT2D eigenvalue weighted by molar-refractivity contribution is 7.98. The largest absolute Gasteiger partial charge is 0.493 e. The topological polar surface area (TPSA) is 94.7 Å². The van der Waals surface area contributed by atoms with Gasteiger partial charge in [-0.3, -0.25) is 0 Å². The molecule has 0 aliphatic carbocycles. The fourth-order valence-electron chi connectivity index (χ4n) is 2.31. The maximum atomic E-state index is 11.2. The quantitative estimate of drug-likeness (QED) is 0.627. The van der Waals surface area contributed by atoms with E-state index >= 15 is 0 Å². The van der Waals surface area contributed by atoms with Gasteiger partial charge in [0.2, 0.25) is 11.7 Å². The van der Waals surface area contributed by atoms with Crippen LogP contribution in [0.15, 0.2) is 51.9 Å². The van der Waals surface area contributed by atoms with Gasteiger partial charge in [-0.15, -0.1) is 11.8 Å². The lowest BCUT2D eigenvalue weighted by Gasteiger charge is -2.07. The van der Waals surface area contributed by atoms with Crippen LogP contribution in [0.1, 0.15) is 16.2 Å². The van der Waals surface area contributed by atoms with Crippen molar-refractivity contribution in [1.29, 1.82) is 0 Å². The van der Waals surface area contributed by atoms with Gasteiger partial charge < -0.3 is 19.1 Å². The van der Waals surface area contributed by atoms with E-state index < -0.39 is 5.97 Å². The van der Waals surface area contributed by atoms with Crippen molar-refractivity contribution >= 4 is 17.7 Å². The minimum absolute atomic E-state index is 0.247. The number of aromatic nitrogens is 2. The predicted octanol–water partition coefficient (Wildman–Crippen LogP) is 3.74. The molecule has 26 heavy (non-hydrogen) atoms. The summed E-state index contributed by atoms with van der Waals surface area (Å²) in [5.41, 5.74) is 0.978. The molecule has 3 rings (SSSR count). The van der Waals surface area contributed by atoms with E-state index in [1.807, 2.05) is 6.07 Å². The smallest absolute Gasteiger partial charge is 0.336 e. The van der Waals surface area contributed by atoms with Gasteiger partial charge in [-0.25, -0.2) is 4.79 Å². The van der Waals surface area contributed by atoms with Crippen molar-refractivity contribution in [1.82, 2.24) is 10.1 Å². The van der Waals surface area contributed by atoms with E-state index in [-0.39, 0.29) is 5.56 Å². The van der Waals surface area contributed by atoms with Crippen LogP contribution in [0.5, 0.6) is 11.5 Å². The Hall–Kier alpha value is -3.00. The SMILES string of the molecule is COc1ccc(-c2noc(CSc3ccccc3C(=O)O)n2)cc1OC. The van der Waals surface area contributed by atoms with Crippen LogP contribution in [0.3, 0.4) is 0 Å². The maximum Gasteiger partial charge on any atom is 0.336 e. The molecule has 0 bridgehead atoms. The molecule has 134 valence electrons. The number of nitrogens with zero attached hydrogens (tertiary/aromatic N) is 2. The third kappa shape index (κ3) is 3.80. The first-order chi connectivity index (χ1) is 12.6. The van der Waals surface area contributed by atoms with Crippen LogP contribution in [0.4, 0.5) is 0 Å². The molecule has 0 saturated heterocycles. The third-order valence-electron chi connectivity index (χ3n) is 3.58. The van der Waals surface area contributed by atoms with E-state index in [2.05, 4.69) is 10.1 Å². The Balaban J connectivity index is 1.76. The zero-order valence-corrected chi connectivity index (χ0v) is 14.9. The number of hydrogen-bond donors (Lipinski definition) is 1. The Labute approximate surface area is 153 Å². The van der Waals surface area contributed by atoms with Crippen molar-refractivity contribution in [2.45, 2.75) is 10.6 Å². The summed E-state index contributed by atoms with van der Waals surface area (Å²) in [6.07, 6.45) is 0. The molecule has 0 atom stereocenters. The number of methoxy groups -OCH3 is 2. The zero-order valence-electron chi connectivity index (χ0n) is 14.1. The Kier molecular flexibility index (Phi) is 5.43. The van der Waals surface area contributed by atoms with Crippen LogP contribution in [0, 0.1) is 0 Å². The van der Waals surface area contributed by atoms with Gasteiger partial charge in [0.25, 0.3) is 0 Å². The van der Waals surface area contributed by atoms with Gasteiger partial charge in [0, 0.05) is 10.5 Å². The first-order valence-electron chi connectivity index (χ1n) is 7.62. The number of carbonyl (C=O) groups is 1. The van der Waals surface area contributed by atoms with Gasteiger partial charge in [-0.2, -0.15) is 4.98 Å². The van der Waals surface area contributed by atoms with E-state index in [9.17, 15) is 9.90 Å². The Morgan fingerprint density at radius 3 is 2.65 bits per heavy atom. The number of aromatic carboxylic acids is 1. The average Bonchev–Trinajstić information content (AvgIpc) is 3.15. The summed E-state index contributed by atoms with van der Waals surface area (Å²) in [7, 11) is 3.12. The molecule has 0 fully saturated rings. The Bertz CT molecular complexity index is 925. The van der Waals surface area contributed by atoms with Crippen molar-refractivity contribution in [3.05, 3.63) is 53.9 Å². The number of benzene rings is 2. The van der Waals surface area contributed by atoms with E-state index in [1.165, 1.54) is 11.8 Å². The molecule has 0 saturated carbocycles. The molecule has 0 aliphatic heterocycles. The maximum absolute atomic E-state index is 11.2. The highest BCUT2D eigenvalue weighted by Gasteiger charge is 2.14. The van der Waals surface area contributed by atoms with Gasteiger partial charge in [0.05, 0.1) is 25.5 Å². The molecule has 2 aromatic carbocycles. The second-order valence-electron chi connectivity index (χ2n) is 5.17. The van der Waals surface area contributed by atoms with Gasteiger partial charge in [0.15, 0.2) is 11.5 Å². The second kappa shape index (κ2) is 7.92. The van der Waals surface area contributed by atoms with Crippen molar-refractivity contribution in [2.24, 2.45) is 0 Å². The summed E-state index contributed by atoms with van der Waals surface area (Å²) >= 11 is 1.33. The number of hydrogen-bond acceptors (Lipinski definition) is 7. The monoisotopic (exact) mass is 372 g/mol. The molecule has 8 heteroatoms. The van der Waals surface area contributed by atoms with Crippen LogP contribution >= 0.6 is 11.8 Å². The lowest BCUT2D eigenvalue weighted by atomic mass is 10.2. The van der Waals surface area contributed by atoms with E-state index in [0.29, 0.717) is 33.9 Å². The molecule has 1 aromatic heterocycles. The highest BCUT2D eigenvalue weighted by atomic mass is 32.2. The number of ether oxygens (including phenoxy) is 2. The van der Waals surface area contributed by atoms with Crippen molar-refractivity contribution in [3.63, 3.8) is 0 Å². The van der Waals surface area contributed by atoms with Crippen LogP contribution in [0.25, 0.3) is 11.4 Å². The molecule has 0 aliphatic rings. The van der Waals surface area contributed by atoms with E-state index in [4.69, 9.17) is 14.0 Å². The molecule has 1 N–H and O–H groups in total. The van der Waals surface area contributed by atoms with Gasteiger partial charge in [-0.1, -0.05) is 17.3 Å². The predicted molar refractivity (Wildman–Crippen MR) is 95.8 cm³/mol. The van der Waals surface area contributed by atoms with Crippen LogP contribution in [-0.4, -0.2) is 35.4 Å². The van der Waals surface area contributed by atoms with Gasteiger partial charge >= 0.3 is 5.97 Å². The molecule has 0 spiro atoms. The molecular formula is C18H16N2O5S. The summed E-state index contributed by atoms with van der Waals surface area (Å²) in [4.78, 5) is 16.3. The minimum atomic E-state index is -0.968. The van der Waals surface area contributed by atoms with E-state index in [1.54, 1.807) is 50.6 Å². The fraction of sp³-hybridized carbons (Fsp3) is 0.167. The number of carboxylic acids is 1. The highest BCUT2D eigenvalue weighted by Crippen LogP contribution is 2.32. The first-order valence-corrected chi connectivity index (χ1v) is 8.61. The average molecular weight is 372 g/mol. The molecule has 0 amide bonds. The van der Waals surface area contributed by atoms with Crippen molar-refractivity contribution in [3.8, 4) is 22.9 Å². The number of rotatable bonds is 7. The normalized spacial score (nSPS) is 10.5. The Morgan fingerprint density at radius 2 is 1.92 bits per heavy atom. The molecule has 3 aromatic rings. The molecule has 7 nitrogen and oxygen atoms in total. The van der Waals surface area contributed by atoms with Crippen LogP contribution < -0.4 is 9.47 Å². The summed E-state index contributed by atoms with van der Waals surface area (Å²) in [5, 5.41) is 13.2. The standard InChI is InChI=1S/C18H16N2O5S/c1-23-13-8-7-11(9-14(13)24-2)17-19-16(25-20-17)10-26-15-6-4-3-5-12(15)18(21)22/h3-9H,10H2,1-2H3,(H,21,22). The van der Waals surface area contributed by atoms with E-state index in [0.717, 1.165) is 5.56 Å². The minimum Gasteiger partial charge on any atom is -0.493 e. The van der Waals surface area contributed by atoms with Crippen LogP contribution in [0.2, 0.25) is 0 Å². The fourth-order valence-corrected chi connectivity index (χ4v) is 3.20. The molecule has 1 heterocycles. The zero-order chi connectivity index (χ0) is 18.5. The lowest BCUT2D eigenvalue weighted by Crippen LogP contribution is -1.98. The number of thioether (sulfide) groups is 1. The van der Waals surface area contributed by atoms with Crippen molar-refractivity contribution in [2.75, 3.05) is 14.2 Å². The molecule has 0 radical (unpaired) electrons. The number of carboxylic acid groups (broad SMARTS) is 1. The lowest BCUT2D eigenvalue weighted by molar-refractivity contribution is 0.0693. The van der Waals surface area contributed by atoms with Crippen LogP contribution in [-0.2, 0) is 5.75 Å². The Morgan fingerprint density at radius 1 is 1.15 bits per heavy atom. The summed E-state index contributed by atoms with van der Waals surface area (Å²) in [6, 6.07) is 12.1. The second-order valence-corrected chi connectivity index (χ2v) is 6.19. The van der Waals surface area contributed by atoms with Gasteiger partial charge in [0.1, 0.15) is 0 Å². The summed E-state index contributed by atoms with van der Waals surface area (Å²) < 4.78 is 15.8. The molecular weight excluding hydrogens is 356 g/mol. The summed E-state index contributed by atoms with van der Waals surface area (Å²) in [5.74, 6) is 1.41. The van der Waals surface area contributed by atoms with Gasteiger partial charge in [-0.05, 0) is 30.3 Å². The summed E-state index contributed by atoms with van der Waals surface area (Å²) in [6.45, 7) is 0. The molecule has 0 unspecified atom stereocenters. The first kappa shape index (κ1) is 17.8.